The molecule has 4 nitrogen and oxygen atoms in total. The summed E-state index contributed by atoms with van der Waals surface area (Å²) in [6.07, 6.45) is 0.868. The molecular weight excluding hydrogens is 368 g/mol. The molecule has 2 unspecified atom stereocenters. The third-order valence-corrected chi connectivity index (χ3v) is 4.71. The van der Waals surface area contributed by atoms with Crippen LogP contribution in [0.1, 0.15) is 30.4 Å². The van der Waals surface area contributed by atoms with E-state index in [9.17, 15) is 9.59 Å². The molecule has 0 aliphatic heterocycles. The molecule has 2 N–H and O–H groups in total. The van der Waals surface area contributed by atoms with Crippen molar-refractivity contribution in [3.63, 3.8) is 0 Å². The molecule has 1 fully saturated rings. The van der Waals surface area contributed by atoms with Crippen LogP contribution in [0.3, 0.4) is 0 Å². The van der Waals surface area contributed by atoms with E-state index in [1.54, 1.807) is 6.07 Å². The highest BCUT2D eigenvalue weighted by Crippen LogP contribution is 2.48. The Morgan fingerprint density at radius 2 is 1.92 bits per heavy atom. The maximum atomic E-state index is 12.5. The van der Waals surface area contributed by atoms with Gasteiger partial charge in [-0.15, -0.1) is 0 Å². The summed E-state index contributed by atoms with van der Waals surface area (Å²) >= 11 is 3.47. The lowest BCUT2D eigenvalue weighted by atomic mass is 10.1. The first-order chi connectivity index (χ1) is 11.4. The van der Waals surface area contributed by atoms with Crippen molar-refractivity contribution >= 4 is 39.1 Å². The maximum absolute atomic E-state index is 12.5. The smallest absolute Gasteiger partial charge is 0.228 e. The number of hydrogen-bond donors (Lipinski definition) is 2. The Hall–Kier alpha value is -2.14. The van der Waals surface area contributed by atoms with Gasteiger partial charge in [0.15, 0.2) is 0 Å². The van der Waals surface area contributed by atoms with Gasteiger partial charge in [0, 0.05) is 28.7 Å². The van der Waals surface area contributed by atoms with Crippen molar-refractivity contribution in [2.75, 3.05) is 10.6 Å². The van der Waals surface area contributed by atoms with Crippen LogP contribution in [-0.4, -0.2) is 11.8 Å². The van der Waals surface area contributed by atoms with Crippen LogP contribution in [0.2, 0.25) is 0 Å². The van der Waals surface area contributed by atoms with Crippen molar-refractivity contribution in [1.29, 1.82) is 0 Å². The first-order valence-corrected chi connectivity index (χ1v) is 8.68. The SMILES string of the molecule is CC(=O)Nc1cc(NC(=O)C2CC2c2cccc(Br)c2)ccc1C. The highest BCUT2D eigenvalue weighted by molar-refractivity contribution is 9.10. The van der Waals surface area contributed by atoms with Gasteiger partial charge >= 0.3 is 0 Å². The van der Waals surface area contributed by atoms with E-state index in [1.165, 1.54) is 12.5 Å². The van der Waals surface area contributed by atoms with Crippen LogP contribution in [0.15, 0.2) is 46.9 Å². The average Bonchev–Trinajstić information content (AvgIpc) is 3.31. The van der Waals surface area contributed by atoms with E-state index < -0.39 is 0 Å². The van der Waals surface area contributed by atoms with E-state index in [-0.39, 0.29) is 23.7 Å². The maximum Gasteiger partial charge on any atom is 0.228 e. The number of rotatable bonds is 4. The minimum absolute atomic E-state index is 0.00446. The van der Waals surface area contributed by atoms with Gasteiger partial charge < -0.3 is 10.6 Å². The Bertz CT molecular complexity index is 804. The molecule has 1 aliphatic carbocycles. The van der Waals surface area contributed by atoms with Crippen LogP contribution >= 0.6 is 15.9 Å². The largest absolute Gasteiger partial charge is 0.326 e. The lowest BCUT2D eigenvalue weighted by molar-refractivity contribution is -0.117. The van der Waals surface area contributed by atoms with E-state index in [0.29, 0.717) is 5.69 Å². The van der Waals surface area contributed by atoms with Crippen molar-refractivity contribution in [1.82, 2.24) is 0 Å². The van der Waals surface area contributed by atoms with Gasteiger partial charge in [-0.25, -0.2) is 0 Å². The molecule has 5 heteroatoms. The quantitative estimate of drug-likeness (QED) is 0.814. The van der Waals surface area contributed by atoms with Gasteiger partial charge in [-0.05, 0) is 54.7 Å². The van der Waals surface area contributed by atoms with Crippen LogP contribution in [0.25, 0.3) is 0 Å². The van der Waals surface area contributed by atoms with Gasteiger partial charge in [0.2, 0.25) is 11.8 Å². The predicted octanol–water partition coefficient (Wildman–Crippen LogP) is 4.46. The highest BCUT2D eigenvalue weighted by atomic mass is 79.9. The second kappa shape index (κ2) is 6.77. The molecule has 2 atom stereocenters. The average molecular weight is 387 g/mol. The summed E-state index contributed by atoms with van der Waals surface area (Å²) in [4.78, 5) is 23.7. The molecule has 0 bridgehead atoms. The summed E-state index contributed by atoms with van der Waals surface area (Å²) < 4.78 is 1.03. The lowest BCUT2D eigenvalue weighted by Crippen LogP contribution is -2.15. The fourth-order valence-electron chi connectivity index (χ4n) is 2.85. The Labute approximate surface area is 149 Å². The van der Waals surface area contributed by atoms with E-state index in [4.69, 9.17) is 0 Å². The molecule has 0 radical (unpaired) electrons. The zero-order valence-electron chi connectivity index (χ0n) is 13.6. The van der Waals surface area contributed by atoms with Crippen molar-refractivity contribution in [2.24, 2.45) is 5.92 Å². The van der Waals surface area contributed by atoms with E-state index in [2.05, 4.69) is 38.7 Å². The van der Waals surface area contributed by atoms with Crippen molar-refractivity contribution in [3.8, 4) is 0 Å². The molecule has 0 spiro atoms. The molecule has 2 amide bonds. The monoisotopic (exact) mass is 386 g/mol. The summed E-state index contributed by atoms with van der Waals surface area (Å²) in [7, 11) is 0. The summed E-state index contributed by atoms with van der Waals surface area (Å²) in [6, 6.07) is 13.6. The molecule has 0 saturated heterocycles. The van der Waals surface area contributed by atoms with E-state index in [0.717, 1.165) is 22.1 Å². The van der Waals surface area contributed by atoms with Gasteiger partial charge in [-0.2, -0.15) is 0 Å². The summed E-state index contributed by atoms with van der Waals surface area (Å²) in [5, 5.41) is 5.73. The first kappa shape index (κ1) is 16.7. The van der Waals surface area contributed by atoms with Crippen LogP contribution in [-0.2, 0) is 9.59 Å². The molecule has 1 aliphatic rings. The third-order valence-electron chi connectivity index (χ3n) is 4.22. The van der Waals surface area contributed by atoms with Crippen LogP contribution < -0.4 is 10.6 Å². The molecule has 2 aromatic rings. The number of carbonyl (C=O) groups is 2. The van der Waals surface area contributed by atoms with Crippen LogP contribution in [0, 0.1) is 12.8 Å². The van der Waals surface area contributed by atoms with Crippen molar-refractivity contribution in [2.45, 2.75) is 26.2 Å². The third kappa shape index (κ3) is 3.85. The van der Waals surface area contributed by atoms with E-state index in [1.807, 2.05) is 31.2 Å². The van der Waals surface area contributed by atoms with Crippen LogP contribution in [0.4, 0.5) is 11.4 Å². The normalized spacial score (nSPS) is 18.8. The van der Waals surface area contributed by atoms with Crippen molar-refractivity contribution < 1.29 is 9.59 Å². The minimum atomic E-state index is -0.126. The van der Waals surface area contributed by atoms with Gasteiger partial charge in [-0.3, -0.25) is 9.59 Å². The second-order valence-electron chi connectivity index (χ2n) is 6.20. The zero-order valence-corrected chi connectivity index (χ0v) is 15.2. The zero-order chi connectivity index (χ0) is 17.3. The predicted molar refractivity (Wildman–Crippen MR) is 99.1 cm³/mol. The highest BCUT2D eigenvalue weighted by Gasteiger charge is 2.43. The molecule has 2 aromatic carbocycles. The second-order valence-corrected chi connectivity index (χ2v) is 7.12. The Morgan fingerprint density at radius 1 is 1.12 bits per heavy atom. The Morgan fingerprint density at radius 3 is 2.62 bits per heavy atom. The number of aryl methyl sites for hydroxylation is 1. The number of benzene rings is 2. The number of carbonyl (C=O) groups excluding carboxylic acids is 2. The fourth-order valence-corrected chi connectivity index (χ4v) is 3.27. The summed E-state index contributed by atoms with van der Waals surface area (Å²) in [5.41, 5.74) is 3.57. The lowest BCUT2D eigenvalue weighted by Gasteiger charge is -2.10. The topological polar surface area (TPSA) is 58.2 Å². The number of amides is 2. The summed E-state index contributed by atoms with van der Waals surface area (Å²) in [5.74, 6) is 0.184. The Balaban J connectivity index is 1.67. The standard InChI is InChI=1S/C19H19BrN2O2/c1-11-6-7-15(9-18(11)21-12(2)23)22-19(24)17-10-16(17)13-4-3-5-14(20)8-13/h3-9,16-17H,10H2,1-2H3,(H,21,23)(H,22,24). The van der Waals surface area contributed by atoms with Gasteiger partial charge in [0.1, 0.15) is 0 Å². The van der Waals surface area contributed by atoms with Crippen molar-refractivity contribution in [3.05, 3.63) is 58.1 Å². The van der Waals surface area contributed by atoms with Gasteiger partial charge in [0.05, 0.1) is 0 Å². The fraction of sp³-hybridized carbons (Fsp3) is 0.263. The number of halogens is 1. The summed E-state index contributed by atoms with van der Waals surface area (Å²) in [6.45, 7) is 3.39. The van der Waals surface area contributed by atoms with Crippen LogP contribution in [0.5, 0.6) is 0 Å². The van der Waals surface area contributed by atoms with Gasteiger partial charge in [-0.1, -0.05) is 34.1 Å². The van der Waals surface area contributed by atoms with Gasteiger partial charge in [0.25, 0.3) is 0 Å². The number of anilines is 2. The molecule has 0 aromatic heterocycles. The molecule has 0 heterocycles. The van der Waals surface area contributed by atoms with E-state index >= 15 is 0 Å². The molecule has 1 saturated carbocycles. The minimum Gasteiger partial charge on any atom is -0.326 e. The molecule has 3 rings (SSSR count). The first-order valence-electron chi connectivity index (χ1n) is 7.88. The molecule has 124 valence electrons. The Kier molecular flexibility index (Phi) is 4.71. The molecular formula is C19H19BrN2O2. The number of nitrogens with one attached hydrogen (secondary N) is 2. The molecule has 24 heavy (non-hydrogen) atoms. The number of hydrogen-bond acceptors (Lipinski definition) is 2.